The van der Waals surface area contributed by atoms with Gasteiger partial charge >= 0.3 is 5.69 Å². The molecule has 3 rings (SSSR count). The largest absolute Gasteiger partial charge is 0.367 e. The van der Waals surface area contributed by atoms with Crippen LogP contribution in [0.25, 0.3) is 5.65 Å². The number of carbonyl (C=O) groups excluding carboxylic acids is 1. The van der Waals surface area contributed by atoms with Crippen LogP contribution in [0.2, 0.25) is 5.02 Å². The summed E-state index contributed by atoms with van der Waals surface area (Å²) in [5.74, 6) is 0.461. The minimum Gasteiger partial charge on any atom is -0.352 e. The Hall–Kier alpha value is -2.32. The summed E-state index contributed by atoms with van der Waals surface area (Å²) in [7, 11) is 0. The van der Waals surface area contributed by atoms with E-state index < -0.39 is 5.69 Å². The fraction of sp³-hybridized carbons (Fsp3) is 0.333. The number of hydrogen-bond donors (Lipinski definition) is 1. The first kappa shape index (κ1) is 19.4. The zero-order valence-corrected chi connectivity index (χ0v) is 16.6. The van der Waals surface area contributed by atoms with Gasteiger partial charge in [-0.1, -0.05) is 42.4 Å². The van der Waals surface area contributed by atoms with Crippen molar-refractivity contribution in [2.45, 2.75) is 43.6 Å². The number of benzene rings is 1. The summed E-state index contributed by atoms with van der Waals surface area (Å²) < 4.78 is 2.36. The van der Waals surface area contributed by atoms with Crippen molar-refractivity contribution in [3.63, 3.8) is 0 Å². The van der Waals surface area contributed by atoms with E-state index in [0.29, 0.717) is 21.4 Å². The van der Waals surface area contributed by atoms with Crippen LogP contribution in [-0.2, 0) is 17.1 Å². The van der Waals surface area contributed by atoms with Crippen LogP contribution in [0.5, 0.6) is 0 Å². The molecule has 0 spiro atoms. The summed E-state index contributed by atoms with van der Waals surface area (Å²) in [5, 5.41) is 12.7. The molecule has 1 amide bonds. The molecule has 2 aromatic heterocycles. The van der Waals surface area contributed by atoms with E-state index in [0.717, 1.165) is 16.7 Å². The maximum Gasteiger partial charge on any atom is 0.367 e. The predicted molar refractivity (Wildman–Crippen MR) is 106 cm³/mol. The van der Waals surface area contributed by atoms with Gasteiger partial charge in [0.05, 0.1) is 0 Å². The van der Waals surface area contributed by atoms with Crippen molar-refractivity contribution >= 4 is 34.9 Å². The molecule has 2 heterocycles. The van der Waals surface area contributed by atoms with Crippen molar-refractivity contribution in [3.05, 3.63) is 57.5 Å². The Kier molecular flexibility index (Phi) is 6.18. The van der Waals surface area contributed by atoms with Gasteiger partial charge in [-0.15, -0.1) is 5.10 Å². The molecule has 0 saturated carbocycles. The number of hydrogen-bond acceptors (Lipinski definition) is 5. The lowest BCUT2D eigenvalue weighted by Crippen LogP contribution is -2.37. The van der Waals surface area contributed by atoms with Gasteiger partial charge in [-0.3, -0.25) is 4.79 Å². The quantitative estimate of drug-likeness (QED) is 0.611. The van der Waals surface area contributed by atoms with Crippen molar-refractivity contribution in [2.75, 3.05) is 0 Å². The maximum atomic E-state index is 12.5. The highest BCUT2D eigenvalue weighted by Gasteiger charge is 2.13. The van der Waals surface area contributed by atoms with Gasteiger partial charge in [-0.05, 0) is 43.2 Å². The summed E-state index contributed by atoms with van der Waals surface area (Å²) >= 11 is 7.40. The molecule has 0 unspecified atom stereocenters. The van der Waals surface area contributed by atoms with Gasteiger partial charge in [-0.2, -0.15) is 9.61 Å². The van der Waals surface area contributed by atoms with Gasteiger partial charge in [0, 0.05) is 16.8 Å². The van der Waals surface area contributed by atoms with Crippen molar-refractivity contribution in [1.82, 2.24) is 24.7 Å². The summed E-state index contributed by atoms with van der Waals surface area (Å²) in [5.41, 5.74) is 1.08. The number of aromatic nitrogens is 4. The average molecular weight is 406 g/mol. The SMILES string of the molecule is CC[C@@H](C)NC(=O)Cn1nc2ccc(SCc3ccc(Cl)cc3)nn2c1=O. The van der Waals surface area contributed by atoms with Crippen LogP contribution in [0, 0.1) is 0 Å². The molecule has 0 radical (unpaired) electrons. The van der Waals surface area contributed by atoms with Gasteiger partial charge in [0.1, 0.15) is 11.6 Å². The van der Waals surface area contributed by atoms with E-state index in [4.69, 9.17) is 11.6 Å². The molecule has 27 heavy (non-hydrogen) atoms. The molecule has 0 aliphatic rings. The van der Waals surface area contributed by atoms with E-state index in [-0.39, 0.29) is 18.5 Å². The van der Waals surface area contributed by atoms with Crippen LogP contribution < -0.4 is 11.0 Å². The number of halogens is 1. The Morgan fingerprint density at radius 3 is 2.67 bits per heavy atom. The molecule has 1 atom stereocenters. The van der Waals surface area contributed by atoms with E-state index in [2.05, 4.69) is 15.5 Å². The highest BCUT2D eigenvalue weighted by molar-refractivity contribution is 7.98. The lowest BCUT2D eigenvalue weighted by molar-refractivity contribution is -0.122. The number of fused-ring (bicyclic) bond motifs is 1. The van der Waals surface area contributed by atoms with Crippen molar-refractivity contribution in [3.8, 4) is 0 Å². The third-order valence-electron chi connectivity index (χ3n) is 4.03. The standard InChI is InChI=1S/C18H20ClN5O2S/c1-3-12(2)20-16(25)10-23-18(26)24-15(21-23)8-9-17(22-24)27-11-13-4-6-14(19)7-5-13/h4-9,12H,3,10-11H2,1-2H3,(H,20,25)/t12-/m1/s1. The predicted octanol–water partition coefficient (Wildman–Crippen LogP) is 2.75. The molecule has 0 bridgehead atoms. The van der Waals surface area contributed by atoms with Gasteiger partial charge < -0.3 is 5.32 Å². The summed E-state index contributed by atoms with van der Waals surface area (Å²) in [4.78, 5) is 24.5. The topological polar surface area (TPSA) is 81.3 Å². The van der Waals surface area contributed by atoms with E-state index in [1.54, 1.807) is 6.07 Å². The zero-order valence-electron chi connectivity index (χ0n) is 15.1. The van der Waals surface area contributed by atoms with Gasteiger partial charge in [0.2, 0.25) is 5.91 Å². The number of thioether (sulfide) groups is 1. The van der Waals surface area contributed by atoms with Gasteiger partial charge in [0.15, 0.2) is 5.65 Å². The average Bonchev–Trinajstić information content (AvgIpc) is 2.96. The molecular formula is C18H20ClN5O2S. The lowest BCUT2D eigenvalue weighted by Gasteiger charge is -2.10. The molecule has 0 saturated heterocycles. The normalized spacial score (nSPS) is 12.3. The number of nitrogens with one attached hydrogen (secondary N) is 1. The summed E-state index contributed by atoms with van der Waals surface area (Å²) in [6.45, 7) is 3.77. The van der Waals surface area contributed by atoms with E-state index in [9.17, 15) is 9.59 Å². The minimum absolute atomic E-state index is 0.0548. The molecule has 9 heteroatoms. The van der Waals surface area contributed by atoms with Crippen LogP contribution in [0.3, 0.4) is 0 Å². The zero-order chi connectivity index (χ0) is 19.4. The van der Waals surface area contributed by atoms with Crippen LogP contribution in [0.4, 0.5) is 0 Å². The molecular weight excluding hydrogens is 386 g/mol. The van der Waals surface area contributed by atoms with E-state index in [1.807, 2.05) is 44.2 Å². The molecule has 1 N–H and O–H groups in total. The maximum absolute atomic E-state index is 12.5. The van der Waals surface area contributed by atoms with Crippen molar-refractivity contribution < 1.29 is 4.79 Å². The van der Waals surface area contributed by atoms with Gasteiger partial charge in [-0.25, -0.2) is 9.48 Å². The highest BCUT2D eigenvalue weighted by atomic mass is 35.5. The van der Waals surface area contributed by atoms with Crippen LogP contribution in [0.15, 0.2) is 46.2 Å². The molecule has 0 fully saturated rings. The summed E-state index contributed by atoms with van der Waals surface area (Å²) in [6, 6.07) is 11.2. The number of amides is 1. The molecule has 142 valence electrons. The monoisotopic (exact) mass is 405 g/mol. The molecule has 0 aliphatic carbocycles. The Balaban J connectivity index is 1.73. The minimum atomic E-state index is -0.432. The number of rotatable bonds is 7. The van der Waals surface area contributed by atoms with Crippen molar-refractivity contribution in [1.29, 1.82) is 0 Å². The Labute approximate surface area is 165 Å². The highest BCUT2D eigenvalue weighted by Crippen LogP contribution is 2.21. The Morgan fingerprint density at radius 1 is 1.22 bits per heavy atom. The Morgan fingerprint density at radius 2 is 1.96 bits per heavy atom. The van der Waals surface area contributed by atoms with Crippen LogP contribution >= 0.6 is 23.4 Å². The van der Waals surface area contributed by atoms with E-state index in [1.165, 1.54) is 16.3 Å². The second-order valence-electron chi connectivity index (χ2n) is 6.17. The van der Waals surface area contributed by atoms with E-state index >= 15 is 0 Å². The Bertz CT molecular complexity index is 999. The molecule has 0 aliphatic heterocycles. The third-order valence-corrected chi connectivity index (χ3v) is 5.27. The first-order valence-corrected chi connectivity index (χ1v) is 9.96. The second kappa shape index (κ2) is 8.58. The third kappa shape index (κ3) is 4.90. The molecule has 3 aromatic rings. The first-order chi connectivity index (χ1) is 13.0. The fourth-order valence-electron chi connectivity index (χ4n) is 2.37. The second-order valence-corrected chi connectivity index (χ2v) is 7.61. The number of carbonyl (C=O) groups is 1. The van der Waals surface area contributed by atoms with Crippen LogP contribution in [0.1, 0.15) is 25.8 Å². The lowest BCUT2D eigenvalue weighted by atomic mass is 10.2. The molecule has 7 nitrogen and oxygen atoms in total. The molecule has 1 aromatic carbocycles. The summed E-state index contributed by atoms with van der Waals surface area (Å²) in [6.07, 6.45) is 0.821. The van der Waals surface area contributed by atoms with Gasteiger partial charge in [0.25, 0.3) is 0 Å². The fourth-order valence-corrected chi connectivity index (χ4v) is 3.30. The smallest absolute Gasteiger partial charge is 0.352 e. The van der Waals surface area contributed by atoms with Crippen molar-refractivity contribution in [2.24, 2.45) is 0 Å². The first-order valence-electron chi connectivity index (χ1n) is 8.59. The van der Waals surface area contributed by atoms with Crippen LogP contribution in [-0.4, -0.2) is 31.3 Å². The number of nitrogens with zero attached hydrogens (tertiary/aromatic N) is 4.